The van der Waals surface area contributed by atoms with Crippen molar-refractivity contribution in [3.63, 3.8) is 0 Å². The lowest BCUT2D eigenvalue weighted by atomic mass is 10.1. The van der Waals surface area contributed by atoms with Crippen LogP contribution in [-0.2, 0) is 24.9 Å². The second-order valence-corrected chi connectivity index (χ2v) is 5.91. The fraction of sp³-hybridized carbons (Fsp3) is 0.278. The normalized spacial score (nSPS) is 11.6. The molecule has 2 heterocycles. The molecule has 0 aliphatic heterocycles. The summed E-state index contributed by atoms with van der Waals surface area (Å²) in [6.07, 6.45) is 7.24. The highest BCUT2D eigenvalue weighted by Gasteiger charge is 2.19. The number of carbonyl (C=O) groups excluding carboxylic acids is 1. The van der Waals surface area contributed by atoms with Gasteiger partial charge in [0.05, 0.1) is 12.7 Å². The molecule has 1 atom stereocenters. The fourth-order valence-electron chi connectivity index (χ4n) is 2.67. The Bertz CT molecular complexity index is 813. The van der Waals surface area contributed by atoms with Crippen LogP contribution in [0.15, 0.2) is 55.1 Å². The summed E-state index contributed by atoms with van der Waals surface area (Å²) < 4.78 is 3.56. The van der Waals surface area contributed by atoms with Gasteiger partial charge in [-0.15, -0.1) is 12.4 Å². The van der Waals surface area contributed by atoms with Crippen molar-refractivity contribution >= 4 is 18.3 Å². The second-order valence-electron chi connectivity index (χ2n) is 5.91. The number of carbonyl (C=O) groups is 1. The van der Waals surface area contributed by atoms with Crippen molar-refractivity contribution < 1.29 is 4.79 Å². The maximum absolute atomic E-state index is 12.4. The molecule has 138 valence electrons. The van der Waals surface area contributed by atoms with Gasteiger partial charge in [0.15, 0.2) is 0 Å². The number of halogens is 1. The van der Waals surface area contributed by atoms with Gasteiger partial charge in [-0.1, -0.05) is 24.3 Å². The first-order valence-electron chi connectivity index (χ1n) is 8.14. The molecule has 3 rings (SSSR count). The summed E-state index contributed by atoms with van der Waals surface area (Å²) in [6, 6.07) is 9.66. The molecule has 0 aliphatic carbocycles. The molecular formula is C18H23ClN6O. The van der Waals surface area contributed by atoms with Crippen LogP contribution in [-0.4, -0.2) is 32.5 Å². The standard InChI is InChI=1S/C18H22N6O.ClH/c1-19-17(16-11-22-23(2)13-16)18(25)20-10-14-4-6-15(7-5-14)12-24-9-3-8-21-24;/h3-9,11,13,17,19H,10,12H2,1-2H3,(H,20,25);1H. The van der Waals surface area contributed by atoms with Crippen LogP contribution in [0, 0.1) is 0 Å². The van der Waals surface area contributed by atoms with Gasteiger partial charge in [0.25, 0.3) is 0 Å². The third kappa shape index (κ3) is 4.93. The number of nitrogens with zero attached hydrogens (tertiary/aromatic N) is 4. The lowest BCUT2D eigenvalue weighted by molar-refractivity contribution is -0.123. The van der Waals surface area contributed by atoms with Crippen molar-refractivity contribution in [2.75, 3.05) is 7.05 Å². The van der Waals surface area contributed by atoms with Crippen LogP contribution >= 0.6 is 12.4 Å². The van der Waals surface area contributed by atoms with E-state index in [1.165, 1.54) is 5.56 Å². The number of hydrogen-bond donors (Lipinski definition) is 2. The number of rotatable bonds is 7. The van der Waals surface area contributed by atoms with E-state index in [0.29, 0.717) is 6.54 Å². The molecule has 0 aliphatic rings. The van der Waals surface area contributed by atoms with Crippen molar-refractivity contribution in [1.29, 1.82) is 0 Å². The third-order valence-corrected chi connectivity index (χ3v) is 4.00. The van der Waals surface area contributed by atoms with E-state index in [4.69, 9.17) is 0 Å². The molecule has 1 aromatic carbocycles. The minimum Gasteiger partial charge on any atom is -0.350 e. The number of amides is 1. The zero-order valence-electron chi connectivity index (χ0n) is 14.8. The smallest absolute Gasteiger partial charge is 0.242 e. The molecule has 1 amide bonds. The van der Waals surface area contributed by atoms with Crippen LogP contribution in [0.2, 0.25) is 0 Å². The molecule has 0 bridgehead atoms. The molecule has 7 nitrogen and oxygen atoms in total. The molecule has 1 unspecified atom stereocenters. The summed E-state index contributed by atoms with van der Waals surface area (Å²) in [6.45, 7) is 1.22. The molecule has 0 fully saturated rings. The summed E-state index contributed by atoms with van der Waals surface area (Å²) in [5, 5.41) is 14.3. The van der Waals surface area contributed by atoms with Crippen molar-refractivity contribution in [3.05, 3.63) is 71.8 Å². The van der Waals surface area contributed by atoms with E-state index >= 15 is 0 Å². The second kappa shape index (κ2) is 9.17. The maximum Gasteiger partial charge on any atom is 0.242 e. The van der Waals surface area contributed by atoms with E-state index in [2.05, 4.69) is 33.0 Å². The van der Waals surface area contributed by atoms with Gasteiger partial charge in [-0.25, -0.2) is 0 Å². The number of hydrogen-bond acceptors (Lipinski definition) is 4. The number of nitrogens with one attached hydrogen (secondary N) is 2. The first-order chi connectivity index (χ1) is 12.2. The zero-order chi connectivity index (χ0) is 17.6. The highest BCUT2D eigenvalue weighted by molar-refractivity contribution is 5.85. The Morgan fingerprint density at radius 1 is 1.19 bits per heavy atom. The predicted molar refractivity (Wildman–Crippen MR) is 102 cm³/mol. The Balaban J connectivity index is 0.00000243. The minimum atomic E-state index is -0.409. The van der Waals surface area contributed by atoms with Gasteiger partial charge >= 0.3 is 0 Å². The van der Waals surface area contributed by atoms with E-state index in [1.807, 2.05) is 42.3 Å². The van der Waals surface area contributed by atoms with Gasteiger partial charge in [-0.05, 0) is 24.2 Å². The molecule has 2 N–H and O–H groups in total. The average Bonchev–Trinajstić information content (AvgIpc) is 3.27. The molecular weight excluding hydrogens is 352 g/mol. The molecule has 0 saturated heterocycles. The van der Waals surface area contributed by atoms with E-state index in [9.17, 15) is 4.79 Å². The third-order valence-electron chi connectivity index (χ3n) is 4.00. The van der Waals surface area contributed by atoms with Crippen LogP contribution in [0.1, 0.15) is 22.7 Å². The van der Waals surface area contributed by atoms with Crippen molar-refractivity contribution in [1.82, 2.24) is 30.2 Å². The van der Waals surface area contributed by atoms with E-state index in [-0.39, 0.29) is 18.3 Å². The van der Waals surface area contributed by atoms with Gasteiger partial charge in [0, 0.05) is 37.7 Å². The summed E-state index contributed by atoms with van der Waals surface area (Å²) in [4.78, 5) is 12.4. The van der Waals surface area contributed by atoms with Crippen molar-refractivity contribution in [3.8, 4) is 0 Å². The van der Waals surface area contributed by atoms with Crippen molar-refractivity contribution in [2.45, 2.75) is 19.1 Å². The molecule has 8 heteroatoms. The number of likely N-dealkylation sites (N-methyl/N-ethyl adjacent to an activating group) is 1. The number of benzene rings is 1. The summed E-state index contributed by atoms with van der Waals surface area (Å²) in [5.74, 6) is -0.0730. The van der Waals surface area contributed by atoms with Gasteiger partial charge in [0.1, 0.15) is 6.04 Å². The van der Waals surface area contributed by atoms with Gasteiger partial charge in [-0.2, -0.15) is 10.2 Å². The Labute approximate surface area is 158 Å². The number of aryl methyl sites for hydroxylation is 1. The predicted octanol–water partition coefficient (Wildman–Crippen LogP) is 1.66. The van der Waals surface area contributed by atoms with Gasteiger partial charge < -0.3 is 10.6 Å². The van der Waals surface area contributed by atoms with Crippen molar-refractivity contribution in [2.24, 2.45) is 7.05 Å². The highest BCUT2D eigenvalue weighted by Crippen LogP contribution is 2.12. The van der Waals surface area contributed by atoms with E-state index in [1.54, 1.807) is 24.1 Å². The largest absolute Gasteiger partial charge is 0.350 e. The average molecular weight is 375 g/mol. The quantitative estimate of drug-likeness (QED) is 0.659. The lowest BCUT2D eigenvalue weighted by Gasteiger charge is -2.14. The Kier molecular flexibility index (Phi) is 6.94. The van der Waals surface area contributed by atoms with Crippen LogP contribution in [0.4, 0.5) is 0 Å². The fourth-order valence-corrected chi connectivity index (χ4v) is 2.67. The SMILES string of the molecule is CNC(C(=O)NCc1ccc(Cn2cccn2)cc1)c1cnn(C)c1.Cl. The molecule has 2 aromatic heterocycles. The van der Waals surface area contributed by atoms with Crippen LogP contribution in [0.25, 0.3) is 0 Å². The van der Waals surface area contributed by atoms with E-state index < -0.39 is 6.04 Å². The van der Waals surface area contributed by atoms with Crippen LogP contribution < -0.4 is 10.6 Å². The molecule has 0 saturated carbocycles. The van der Waals surface area contributed by atoms with E-state index in [0.717, 1.165) is 17.7 Å². The topological polar surface area (TPSA) is 76.8 Å². The number of aromatic nitrogens is 4. The zero-order valence-corrected chi connectivity index (χ0v) is 15.6. The summed E-state index contributed by atoms with van der Waals surface area (Å²) >= 11 is 0. The molecule has 3 aromatic rings. The summed E-state index contributed by atoms with van der Waals surface area (Å²) in [7, 11) is 3.60. The summed E-state index contributed by atoms with van der Waals surface area (Å²) in [5.41, 5.74) is 3.07. The highest BCUT2D eigenvalue weighted by atomic mass is 35.5. The lowest BCUT2D eigenvalue weighted by Crippen LogP contribution is -2.35. The maximum atomic E-state index is 12.4. The molecule has 26 heavy (non-hydrogen) atoms. The van der Waals surface area contributed by atoms with Gasteiger partial charge in [0.2, 0.25) is 5.91 Å². The molecule has 0 spiro atoms. The Morgan fingerprint density at radius 3 is 2.50 bits per heavy atom. The monoisotopic (exact) mass is 374 g/mol. The first kappa shape index (κ1) is 19.7. The van der Waals surface area contributed by atoms with Gasteiger partial charge in [-0.3, -0.25) is 14.2 Å². The first-order valence-corrected chi connectivity index (χ1v) is 8.14. The van der Waals surface area contributed by atoms with Crippen LogP contribution in [0.3, 0.4) is 0 Å². The molecule has 0 radical (unpaired) electrons. The van der Waals surface area contributed by atoms with Crippen LogP contribution in [0.5, 0.6) is 0 Å². The minimum absolute atomic E-state index is 0. The Hall–Kier alpha value is -2.64. The Morgan fingerprint density at radius 2 is 1.92 bits per heavy atom.